The van der Waals surface area contributed by atoms with Crippen molar-refractivity contribution in [1.82, 2.24) is 4.90 Å². The van der Waals surface area contributed by atoms with E-state index in [2.05, 4.69) is 0 Å². The highest BCUT2D eigenvalue weighted by atomic mass is 35.5. The van der Waals surface area contributed by atoms with Gasteiger partial charge in [-0.1, -0.05) is 53.6 Å². The number of amides is 1. The molecule has 1 heterocycles. The molecule has 2 aromatic carbocycles. The minimum atomic E-state index is -0.556. The van der Waals surface area contributed by atoms with E-state index >= 15 is 0 Å². The van der Waals surface area contributed by atoms with Gasteiger partial charge in [-0.2, -0.15) is 0 Å². The average molecular weight is 414 g/mol. The molecule has 3 rings (SSSR count). The molecule has 0 bridgehead atoms. The number of ether oxygens (including phenoxy) is 1. The van der Waals surface area contributed by atoms with Gasteiger partial charge in [0.25, 0.3) is 0 Å². The molecule has 0 saturated carbocycles. The molecule has 5 heteroatoms. The molecule has 0 aromatic heterocycles. The normalized spacial score (nSPS) is 17.1. The first-order valence-electron chi connectivity index (χ1n) is 10.0. The number of nitrogens with zero attached hydrogens (tertiary/aromatic N) is 1. The molecule has 2 aromatic rings. The van der Waals surface area contributed by atoms with Gasteiger partial charge in [0.2, 0.25) is 0 Å². The number of piperidine rings is 1. The molecule has 0 radical (unpaired) electrons. The number of ketones is 1. The van der Waals surface area contributed by atoms with E-state index in [0.29, 0.717) is 23.7 Å². The lowest BCUT2D eigenvalue weighted by molar-refractivity contribution is 0.0172. The summed E-state index contributed by atoms with van der Waals surface area (Å²) in [5, 5.41) is 0.557. The number of Topliss-reactive ketones (excluding diaryl/α,β-unsaturated/α-hetero) is 1. The Morgan fingerprint density at radius 3 is 2.55 bits per heavy atom. The quantitative estimate of drug-likeness (QED) is 0.567. The SMILES string of the molecule is Cc1cccc(-c2c(Cl)cccc2C(=O)C2CCCN(C(=O)OC(C)(C)C)C2)c1. The van der Waals surface area contributed by atoms with Crippen LogP contribution in [0.5, 0.6) is 0 Å². The zero-order valence-corrected chi connectivity index (χ0v) is 18.3. The monoisotopic (exact) mass is 413 g/mol. The van der Waals surface area contributed by atoms with Crippen molar-refractivity contribution in [2.45, 2.75) is 46.1 Å². The summed E-state index contributed by atoms with van der Waals surface area (Å²) in [5.41, 5.74) is 2.85. The van der Waals surface area contributed by atoms with Crippen molar-refractivity contribution in [3.8, 4) is 11.1 Å². The van der Waals surface area contributed by atoms with Crippen LogP contribution in [-0.4, -0.2) is 35.5 Å². The molecular formula is C24H28ClNO3. The van der Waals surface area contributed by atoms with Crippen LogP contribution in [0, 0.1) is 12.8 Å². The van der Waals surface area contributed by atoms with Crippen molar-refractivity contribution in [2.75, 3.05) is 13.1 Å². The van der Waals surface area contributed by atoms with Gasteiger partial charge in [0.05, 0.1) is 0 Å². The molecule has 1 aliphatic rings. The highest BCUT2D eigenvalue weighted by Gasteiger charge is 2.32. The summed E-state index contributed by atoms with van der Waals surface area (Å²) >= 11 is 6.51. The molecular weight excluding hydrogens is 386 g/mol. The molecule has 1 fully saturated rings. The van der Waals surface area contributed by atoms with E-state index < -0.39 is 5.60 Å². The highest BCUT2D eigenvalue weighted by molar-refractivity contribution is 6.34. The molecule has 1 aliphatic heterocycles. The minimum Gasteiger partial charge on any atom is -0.444 e. The fourth-order valence-corrected chi connectivity index (χ4v) is 4.01. The Bertz CT molecular complexity index is 917. The van der Waals surface area contributed by atoms with Crippen LogP contribution in [-0.2, 0) is 4.74 Å². The molecule has 1 unspecified atom stereocenters. The Labute approximate surface area is 177 Å². The Hall–Kier alpha value is -2.33. The van der Waals surface area contributed by atoms with Gasteiger partial charge in [-0.15, -0.1) is 0 Å². The van der Waals surface area contributed by atoms with E-state index in [1.807, 2.05) is 70.2 Å². The minimum absolute atomic E-state index is 0.0252. The summed E-state index contributed by atoms with van der Waals surface area (Å²) in [6.07, 6.45) is 1.16. The van der Waals surface area contributed by atoms with Gasteiger partial charge in [0.1, 0.15) is 5.60 Å². The van der Waals surface area contributed by atoms with Gasteiger partial charge < -0.3 is 9.64 Å². The van der Waals surface area contributed by atoms with Gasteiger partial charge in [-0.25, -0.2) is 4.79 Å². The lowest BCUT2D eigenvalue weighted by Gasteiger charge is -2.33. The lowest BCUT2D eigenvalue weighted by atomic mass is 9.86. The number of halogens is 1. The van der Waals surface area contributed by atoms with E-state index in [1.165, 1.54) is 0 Å². The van der Waals surface area contributed by atoms with Crippen molar-refractivity contribution >= 4 is 23.5 Å². The maximum atomic E-state index is 13.4. The number of rotatable bonds is 3. The van der Waals surface area contributed by atoms with Crippen molar-refractivity contribution in [3.63, 3.8) is 0 Å². The Kier molecular flexibility index (Phi) is 6.33. The number of benzene rings is 2. The van der Waals surface area contributed by atoms with Crippen LogP contribution in [0.2, 0.25) is 5.02 Å². The van der Waals surface area contributed by atoms with Gasteiger partial charge in [-0.05, 0) is 52.2 Å². The highest BCUT2D eigenvalue weighted by Crippen LogP contribution is 2.34. The average Bonchev–Trinajstić information content (AvgIpc) is 2.66. The van der Waals surface area contributed by atoms with Crippen LogP contribution >= 0.6 is 11.6 Å². The number of hydrogen-bond acceptors (Lipinski definition) is 3. The van der Waals surface area contributed by atoms with Crippen LogP contribution in [0.4, 0.5) is 4.79 Å². The summed E-state index contributed by atoms with van der Waals surface area (Å²) in [6, 6.07) is 13.4. The molecule has 154 valence electrons. The van der Waals surface area contributed by atoms with Crippen molar-refractivity contribution in [1.29, 1.82) is 0 Å². The largest absolute Gasteiger partial charge is 0.444 e. The maximum absolute atomic E-state index is 13.4. The molecule has 0 spiro atoms. The Morgan fingerprint density at radius 1 is 1.14 bits per heavy atom. The van der Waals surface area contributed by atoms with Crippen molar-refractivity contribution in [2.24, 2.45) is 5.92 Å². The van der Waals surface area contributed by atoms with Crippen LogP contribution < -0.4 is 0 Å². The predicted molar refractivity (Wildman–Crippen MR) is 116 cm³/mol. The van der Waals surface area contributed by atoms with E-state index in [1.54, 1.807) is 4.90 Å². The first-order valence-corrected chi connectivity index (χ1v) is 10.4. The molecule has 1 amide bonds. The second-order valence-electron chi connectivity index (χ2n) is 8.66. The number of likely N-dealkylation sites (tertiary alicyclic amines) is 1. The summed E-state index contributed by atoms with van der Waals surface area (Å²) in [5.74, 6) is -0.240. The van der Waals surface area contributed by atoms with Gasteiger partial charge in [0.15, 0.2) is 5.78 Å². The Morgan fingerprint density at radius 2 is 1.86 bits per heavy atom. The third-order valence-electron chi connectivity index (χ3n) is 5.03. The first kappa shape index (κ1) is 21.4. The zero-order chi connectivity index (χ0) is 21.2. The molecule has 29 heavy (non-hydrogen) atoms. The van der Waals surface area contributed by atoms with Gasteiger partial charge in [0, 0.05) is 35.2 Å². The number of aryl methyl sites for hydroxylation is 1. The van der Waals surface area contributed by atoms with Crippen molar-refractivity contribution in [3.05, 3.63) is 58.6 Å². The summed E-state index contributed by atoms with van der Waals surface area (Å²) in [4.78, 5) is 27.6. The van der Waals surface area contributed by atoms with E-state index in [4.69, 9.17) is 16.3 Å². The molecule has 0 N–H and O–H groups in total. The van der Waals surface area contributed by atoms with Gasteiger partial charge in [-0.3, -0.25) is 4.79 Å². The number of carbonyl (C=O) groups is 2. The van der Waals surface area contributed by atoms with Gasteiger partial charge >= 0.3 is 6.09 Å². The van der Waals surface area contributed by atoms with Crippen LogP contribution in [0.3, 0.4) is 0 Å². The first-order chi connectivity index (χ1) is 13.7. The number of hydrogen-bond donors (Lipinski definition) is 0. The van der Waals surface area contributed by atoms with Crippen molar-refractivity contribution < 1.29 is 14.3 Å². The lowest BCUT2D eigenvalue weighted by Crippen LogP contribution is -2.44. The summed E-state index contributed by atoms with van der Waals surface area (Å²) in [6.45, 7) is 8.53. The zero-order valence-electron chi connectivity index (χ0n) is 17.5. The maximum Gasteiger partial charge on any atom is 0.410 e. The van der Waals surface area contributed by atoms with E-state index in [0.717, 1.165) is 29.5 Å². The summed E-state index contributed by atoms with van der Waals surface area (Å²) < 4.78 is 5.49. The third-order valence-corrected chi connectivity index (χ3v) is 5.34. The number of carbonyl (C=O) groups excluding carboxylic acids is 2. The van der Waals surface area contributed by atoms with Crippen LogP contribution in [0.1, 0.15) is 49.5 Å². The molecule has 1 atom stereocenters. The van der Waals surface area contributed by atoms with Crippen LogP contribution in [0.25, 0.3) is 11.1 Å². The topological polar surface area (TPSA) is 46.6 Å². The third kappa shape index (κ3) is 5.18. The van der Waals surface area contributed by atoms with Crippen LogP contribution in [0.15, 0.2) is 42.5 Å². The predicted octanol–water partition coefficient (Wildman–Crippen LogP) is 6.15. The smallest absolute Gasteiger partial charge is 0.410 e. The molecule has 1 saturated heterocycles. The van der Waals surface area contributed by atoms with E-state index in [9.17, 15) is 9.59 Å². The molecule has 4 nitrogen and oxygen atoms in total. The second kappa shape index (κ2) is 8.58. The van der Waals surface area contributed by atoms with E-state index in [-0.39, 0.29) is 17.8 Å². The molecule has 0 aliphatic carbocycles. The fraction of sp³-hybridized carbons (Fsp3) is 0.417. The standard InChI is InChI=1S/C24H28ClNO3/c1-16-8-5-9-17(14-16)21-19(11-6-12-20(21)25)22(27)18-10-7-13-26(15-18)23(28)29-24(2,3)4/h5-6,8-9,11-12,14,18H,7,10,13,15H2,1-4H3. The Balaban J connectivity index is 1.87. The summed E-state index contributed by atoms with van der Waals surface area (Å²) in [7, 11) is 0. The fourth-order valence-electron chi connectivity index (χ4n) is 3.73. The second-order valence-corrected chi connectivity index (χ2v) is 9.07.